The van der Waals surface area contributed by atoms with Crippen molar-refractivity contribution >= 4 is 29.9 Å². The Morgan fingerprint density at radius 3 is 2.14 bits per heavy atom. The molecule has 1 aromatic heterocycles. The van der Waals surface area contributed by atoms with Gasteiger partial charge in [0.15, 0.2) is 0 Å². The first-order valence-corrected chi connectivity index (χ1v) is 13.9. The molecule has 2 aromatic carbocycles. The van der Waals surface area contributed by atoms with Gasteiger partial charge in [-0.2, -0.15) is 0 Å². The van der Waals surface area contributed by atoms with Gasteiger partial charge < -0.3 is 10.2 Å². The Hall–Kier alpha value is -3.05. The van der Waals surface area contributed by atoms with Gasteiger partial charge in [-0.1, -0.05) is 42.5 Å². The fraction of sp³-hybridized carbons (Fsp3) is 0.286. The zero-order chi connectivity index (χ0) is 24.3. The van der Waals surface area contributed by atoms with Gasteiger partial charge in [-0.05, 0) is 61.4 Å². The van der Waals surface area contributed by atoms with Crippen molar-refractivity contribution in [3.8, 4) is 0 Å². The highest BCUT2D eigenvalue weighted by molar-refractivity contribution is 7.76. The Morgan fingerprint density at radius 1 is 0.886 bits per heavy atom. The molecule has 0 saturated carbocycles. The number of rotatable bonds is 10. The minimum atomic E-state index is -2.85. The number of unbranched alkanes of at least 4 members (excludes halogenated alkanes) is 1. The van der Waals surface area contributed by atoms with Crippen LogP contribution in [0.3, 0.4) is 0 Å². The number of piperazine rings is 1. The van der Waals surface area contributed by atoms with Gasteiger partial charge in [0.1, 0.15) is 0 Å². The average Bonchev–Trinajstić information content (AvgIpc) is 2.93. The van der Waals surface area contributed by atoms with E-state index in [9.17, 15) is 9.36 Å². The maximum Gasteiger partial charge on any atom is 0.243 e. The smallest absolute Gasteiger partial charge is 0.243 e. The third kappa shape index (κ3) is 6.76. The predicted molar refractivity (Wildman–Crippen MR) is 143 cm³/mol. The van der Waals surface area contributed by atoms with Crippen molar-refractivity contribution < 1.29 is 9.36 Å². The molecule has 182 valence electrons. The highest BCUT2D eigenvalue weighted by atomic mass is 31.2. The van der Waals surface area contributed by atoms with Crippen LogP contribution in [0.5, 0.6) is 0 Å². The van der Waals surface area contributed by atoms with Gasteiger partial charge in [0.05, 0.1) is 0 Å². The predicted octanol–water partition coefficient (Wildman–Crippen LogP) is 3.54. The van der Waals surface area contributed by atoms with E-state index in [1.807, 2.05) is 72.8 Å². The number of nitrogens with zero attached hydrogens (tertiary/aromatic N) is 3. The highest BCUT2D eigenvalue weighted by Crippen LogP contribution is 2.47. The minimum absolute atomic E-state index is 0.0833. The number of carbonyl (C=O) groups excluding carboxylic acids is 1. The Balaban J connectivity index is 1.22. The van der Waals surface area contributed by atoms with E-state index in [1.54, 1.807) is 24.5 Å². The maximum atomic E-state index is 14.4. The van der Waals surface area contributed by atoms with Gasteiger partial charge in [-0.15, -0.1) is 0 Å². The number of hydrogen-bond acceptors (Lipinski definition) is 4. The first-order valence-electron chi connectivity index (χ1n) is 12.2. The van der Waals surface area contributed by atoms with Gasteiger partial charge in [0.2, 0.25) is 13.2 Å². The maximum absolute atomic E-state index is 14.4. The molecule has 0 aliphatic carbocycles. The van der Waals surface area contributed by atoms with E-state index in [-0.39, 0.29) is 5.91 Å². The lowest BCUT2D eigenvalue weighted by atomic mass is 10.2. The van der Waals surface area contributed by atoms with Crippen molar-refractivity contribution in [3.63, 3.8) is 0 Å². The third-order valence-corrected chi connectivity index (χ3v) is 9.46. The second-order valence-electron chi connectivity index (χ2n) is 8.66. The Bertz CT molecular complexity index is 1090. The zero-order valence-corrected chi connectivity index (χ0v) is 20.9. The Morgan fingerprint density at radius 2 is 1.54 bits per heavy atom. The molecule has 2 heterocycles. The average molecular weight is 489 g/mol. The van der Waals surface area contributed by atoms with E-state index in [0.717, 1.165) is 61.7 Å². The lowest BCUT2D eigenvalue weighted by Gasteiger charge is -2.39. The fourth-order valence-electron chi connectivity index (χ4n) is 4.36. The molecule has 0 bridgehead atoms. The molecular formula is C28H33N4O2P. The van der Waals surface area contributed by atoms with Crippen molar-refractivity contribution in [2.75, 3.05) is 39.3 Å². The number of aromatic nitrogens is 1. The second-order valence-corrected chi connectivity index (χ2v) is 11.4. The van der Waals surface area contributed by atoms with E-state index >= 15 is 0 Å². The van der Waals surface area contributed by atoms with Gasteiger partial charge >= 0.3 is 0 Å². The topological polar surface area (TPSA) is 65.5 Å². The molecule has 1 saturated heterocycles. The summed E-state index contributed by atoms with van der Waals surface area (Å²) in [6.45, 7) is 4.98. The zero-order valence-electron chi connectivity index (χ0n) is 20.0. The number of nitrogens with one attached hydrogen (secondary N) is 1. The standard InChI is InChI=1S/C28H33N4O2P/c33-28(16-15-25-10-9-17-29-24-25)30-18-7-8-19-31-20-22-32(23-21-31)35(34,26-11-3-1-4-12-26)27-13-5-2-6-14-27/h1-6,9-17,24H,7-8,18-23H2,(H,30,33)/b16-15+. The van der Waals surface area contributed by atoms with Crippen LogP contribution in [0.2, 0.25) is 0 Å². The molecule has 0 radical (unpaired) electrons. The van der Waals surface area contributed by atoms with Crippen molar-refractivity contribution in [1.29, 1.82) is 0 Å². The second kappa shape index (κ2) is 12.6. The number of hydrogen-bond donors (Lipinski definition) is 1. The van der Waals surface area contributed by atoms with Crippen molar-refractivity contribution in [3.05, 3.63) is 96.8 Å². The summed E-state index contributed by atoms with van der Waals surface area (Å²) in [6, 6.07) is 23.5. The van der Waals surface area contributed by atoms with Crippen LogP contribution in [0.25, 0.3) is 6.08 Å². The molecule has 1 fully saturated rings. The molecule has 4 rings (SSSR count). The first kappa shape index (κ1) is 25.1. The normalized spacial score (nSPS) is 15.3. The Kier molecular flexibility index (Phi) is 9.02. The van der Waals surface area contributed by atoms with Crippen LogP contribution in [0.1, 0.15) is 18.4 Å². The molecule has 1 aliphatic heterocycles. The number of pyridine rings is 1. The lowest BCUT2D eigenvalue weighted by molar-refractivity contribution is -0.116. The van der Waals surface area contributed by atoms with Crippen LogP contribution in [0.4, 0.5) is 0 Å². The number of carbonyl (C=O) groups is 1. The van der Waals surface area contributed by atoms with E-state index < -0.39 is 7.29 Å². The summed E-state index contributed by atoms with van der Waals surface area (Å²) in [4.78, 5) is 18.5. The fourth-order valence-corrected chi connectivity index (χ4v) is 7.20. The molecular weight excluding hydrogens is 455 g/mol. The first-order chi connectivity index (χ1) is 17.2. The van der Waals surface area contributed by atoms with Crippen LogP contribution in [0.15, 0.2) is 91.3 Å². The summed E-state index contributed by atoms with van der Waals surface area (Å²) in [7, 11) is -2.85. The SMILES string of the molecule is O=C(/C=C/c1cccnc1)NCCCCN1CCN(P(=O)(c2ccccc2)c2ccccc2)CC1. The van der Waals surface area contributed by atoms with E-state index in [2.05, 4.69) is 19.9 Å². The summed E-state index contributed by atoms with van der Waals surface area (Å²) in [5.41, 5.74) is 0.908. The van der Waals surface area contributed by atoms with Crippen molar-refractivity contribution in [1.82, 2.24) is 19.9 Å². The van der Waals surface area contributed by atoms with Gasteiger partial charge in [-0.25, -0.2) is 4.67 Å². The van der Waals surface area contributed by atoms with Crippen LogP contribution in [0, 0.1) is 0 Å². The summed E-state index contributed by atoms with van der Waals surface area (Å²) in [5.74, 6) is -0.0833. The highest BCUT2D eigenvalue weighted by Gasteiger charge is 2.36. The van der Waals surface area contributed by atoms with Crippen LogP contribution >= 0.6 is 7.29 Å². The molecule has 0 atom stereocenters. The molecule has 35 heavy (non-hydrogen) atoms. The van der Waals surface area contributed by atoms with E-state index in [0.29, 0.717) is 6.54 Å². The molecule has 1 amide bonds. The quantitative estimate of drug-likeness (QED) is 0.269. The molecule has 3 aromatic rings. The molecule has 1 N–H and O–H groups in total. The Labute approximate surface area is 208 Å². The minimum Gasteiger partial charge on any atom is -0.353 e. The van der Waals surface area contributed by atoms with Crippen LogP contribution in [-0.4, -0.2) is 59.7 Å². The lowest BCUT2D eigenvalue weighted by Crippen LogP contribution is -2.47. The van der Waals surface area contributed by atoms with Crippen molar-refractivity contribution in [2.45, 2.75) is 12.8 Å². The van der Waals surface area contributed by atoms with Crippen LogP contribution in [-0.2, 0) is 9.36 Å². The number of benzene rings is 2. The molecule has 0 spiro atoms. The van der Waals surface area contributed by atoms with Gasteiger partial charge in [0, 0.05) is 61.8 Å². The van der Waals surface area contributed by atoms with Crippen LogP contribution < -0.4 is 15.9 Å². The summed E-state index contributed by atoms with van der Waals surface area (Å²) in [5, 5.41) is 4.74. The van der Waals surface area contributed by atoms with Gasteiger partial charge in [-0.3, -0.25) is 14.3 Å². The monoisotopic (exact) mass is 488 g/mol. The summed E-state index contributed by atoms with van der Waals surface area (Å²) >= 11 is 0. The van der Waals surface area contributed by atoms with E-state index in [4.69, 9.17) is 0 Å². The third-order valence-electron chi connectivity index (χ3n) is 6.27. The molecule has 0 unspecified atom stereocenters. The molecule has 6 nitrogen and oxygen atoms in total. The van der Waals surface area contributed by atoms with Gasteiger partial charge in [0.25, 0.3) is 0 Å². The summed E-state index contributed by atoms with van der Waals surface area (Å²) < 4.78 is 16.6. The van der Waals surface area contributed by atoms with E-state index in [1.165, 1.54) is 0 Å². The number of amides is 1. The van der Waals surface area contributed by atoms with Crippen molar-refractivity contribution in [2.24, 2.45) is 0 Å². The largest absolute Gasteiger partial charge is 0.353 e. The summed E-state index contributed by atoms with van der Waals surface area (Å²) in [6.07, 6.45) is 8.70. The molecule has 1 aliphatic rings. The molecule has 7 heteroatoms.